The zero-order valence-corrected chi connectivity index (χ0v) is 14.4. The Hall–Kier alpha value is -3.47. The predicted octanol–water partition coefficient (Wildman–Crippen LogP) is 3.76. The first-order valence-corrected chi connectivity index (χ1v) is 8.41. The number of carbonyl (C=O) groups excluding carboxylic acids is 1. The first kappa shape index (κ1) is 16.0. The molecule has 0 aliphatic heterocycles. The number of anilines is 1. The summed E-state index contributed by atoms with van der Waals surface area (Å²) in [6.45, 7) is 0.204. The predicted molar refractivity (Wildman–Crippen MR) is 103 cm³/mol. The molecule has 0 saturated heterocycles. The minimum Gasteiger partial charge on any atom is -0.314 e. The lowest BCUT2D eigenvalue weighted by molar-refractivity contribution is -0.118. The summed E-state index contributed by atoms with van der Waals surface area (Å²) in [5, 5.41) is 0. The molecule has 1 amide bonds. The molecule has 2 heterocycles. The topological polar surface area (TPSA) is 51.0 Å². The van der Waals surface area contributed by atoms with E-state index in [1.165, 1.54) is 0 Å². The van der Waals surface area contributed by atoms with Crippen LogP contribution < -0.4 is 4.90 Å². The lowest BCUT2D eigenvalue weighted by Gasteiger charge is -2.18. The van der Waals surface area contributed by atoms with Crippen molar-refractivity contribution in [3.8, 4) is 11.4 Å². The SMILES string of the molecule is CN(C(=O)Cn1c(-c2ccccc2)nc2ccccc21)c1cccnc1. The summed E-state index contributed by atoms with van der Waals surface area (Å²) in [5.74, 6) is 0.762. The van der Waals surface area contributed by atoms with Crippen LogP contribution in [0.5, 0.6) is 0 Å². The number of aromatic nitrogens is 3. The van der Waals surface area contributed by atoms with E-state index in [2.05, 4.69) is 4.98 Å². The fraction of sp³-hybridized carbons (Fsp3) is 0.0952. The molecular weight excluding hydrogens is 324 g/mol. The van der Waals surface area contributed by atoms with Gasteiger partial charge >= 0.3 is 0 Å². The summed E-state index contributed by atoms with van der Waals surface area (Å²) >= 11 is 0. The van der Waals surface area contributed by atoms with Gasteiger partial charge in [-0.1, -0.05) is 42.5 Å². The fourth-order valence-corrected chi connectivity index (χ4v) is 2.98. The maximum atomic E-state index is 12.9. The Morgan fingerprint density at radius 2 is 1.77 bits per heavy atom. The average Bonchev–Trinajstić information content (AvgIpc) is 3.07. The van der Waals surface area contributed by atoms with Crippen LogP contribution in [0.1, 0.15) is 0 Å². The number of likely N-dealkylation sites (N-methyl/N-ethyl adjacent to an activating group) is 1. The minimum atomic E-state index is -0.0293. The minimum absolute atomic E-state index is 0.0293. The molecule has 0 aliphatic carbocycles. The second-order valence-corrected chi connectivity index (χ2v) is 6.04. The number of nitrogens with zero attached hydrogens (tertiary/aromatic N) is 4. The third kappa shape index (κ3) is 2.95. The second kappa shape index (κ2) is 6.80. The molecule has 5 heteroatoms. The van der Waals surface area contributed by atoms with Crippen LogP contribution in [0.2, 0.25) is 0 Å². The molecule has 0 N–H and O–H groups in total. The van der Waals surface area contributed by atoms with Gasteiger partial charge in [-0.05, 0) is 24.3 Å². The van der Waals surface area contributed by atoms with E-state index in [1.54, 1.807) is 24.3 Å². The van der Waals surface area contributed by atoms with Gasteiger partial charge in [0.1, 0.15) is 12.4 Å². The molecule has 0 bridgehead atoms. The van der Waals surface area contributed by atoms with Gasteiger partial charge in [-0.3, -0.25) is 9.78 Å². The first-order valence-electron chi connectivity index (χ1n) is 8.41. The van der Waals surface area contributed by atoms with E-state index in [1.807, 2.05) is 71.3 Å². The Bertz CT molecular complexity index is 1040. The normalized spacial score (nSPS) is 10.8. The highest BCUT2D eigenvalue weighted by molar-refractivity contribution is 5.94. The molecule has 0 unspecified atom stereocenters. The number of hydrogen-bond acceptors (Lipinski definition) is 3. The second-order valence-electron chi connectivity index (χ2n) is 6.04. The molecule has 4 rings (SSSR count). The Morgan fingerprint density at radius 1 is 1.00 bits per heavy atom. The van der Waals surface area contributed by atoms with Gasteiger partial charge in [0.15, 0.2) is 0 Å². The van der Waals surface area contributed by atoms with Gasteiger partial charge in [0, 0.05) is 18.8 Å². The zero-order valence-electron chi connectivity index (χ0n) is 14.4. The fourth-order valence-electron chi connectivity index (χ4n) is 2.98. The lowest BCUT2D eigenvalue weighted by atomic mass is 10.2. The number of fused-ring (bicyclic) bond motifs is 1. The summed E-state index contributed by atoms with van der Waals surface area (Å²) < 4.78 is 1.97. The highest BCUT2D eigenvalue weighted by atomic mass is 16.2. The summed E-state index contributed by atoms with van der Waals surface area (Å²) in [6.07, 6.45) is 3.38. The van der Waals surface area contributed by atoms with Crippen molar-refractivity contribution in [1.29, 1.82) is 0 Å². The van der Waals surface area contributed by atoms with Crippen LogP contribution in [0.3, 0.4) is 0 Å². The molecule has 5 nitrogen and oxygen atoms in total. The Morgan fingerprint density at radius 3 is 2.54 bits per heavy atom. The van der Waals surface area contributed by atoms with Crippen molar-refractivity contribution in [2.45, 2.75) is 6.54 Å². The van der Waals surface area contributed by atoms with Gasteiger partial charge in [-0.15, -0.1) is 0 Å². The number of imidazole rings is 1. The summed E-state index contributed by atoms with van der Waals surface area (Å²) in [6, 6.07) is 21.5. The van der Waals surface area contributed by atoms with E-state index < -0.39 is 0 Å². The molecule has 0 radical (unpaired) electrons. The molecule has 26 heavy (non-hydrogen) atoms. The van der Waals surface area contributed by atoms with Crippen LogP contribution >= 0.6 is 0 Å². The number of amides is 1. The maximum Gasteiger partial charge on any atom is 0.246 e. The molecule has 0 aliphatic rings. The van der Waals surface area contributed by atoms with Crippen LogP contribution in [-0.4, -0.2) is 27.5 Å². The molecule has 2 aromatic carbocycles. The van der Waals surface area contributed by atoms with Crippen molar-refractivity contribution < 1.29 is 4.79 Å². The van der Waals surface area contributed by atoms with Crippen LogP contribution in [0.15, 0.2) is 79.1 Å². The van der Waals surface area contributed by atoms with Crippen molar-refractivity contribution in [3.63, 3.8) is 0 Å². The van der Waals surface area contributed by atoms with Crippen molar-refractivity contribution in [2.75, 3.05) is 11.9 Å². The maximum absolute atomic E-state index is 12.9. The third-order valence-corrected chi connectivity index (χ3v) is 4.39. The Balaban J connectivity index is 1.75. The zero-order chi connectivity index (χ0) is 17.9. The van der Waals surface area contributed by atoms with Gasteiger partial charge in [-0.2, -0.15) is 0 Å². The number of para-hydroxylation sites is 2. The molecule has 0 atom stereocenters. The smallest absolute Gasteiger partial charge is 0.246 e. The Kier molecular flexibility index (Phi) is 4.19. The highest BCUT2D eigenvalue weighted by Crippen LogP contribution is 2.25. The molecular formula is C21H18N4O. The van der Waals surface area contributed by atoms with Gasteiger partial charge in [0.25, 0.3) is 0 Å². The van der Waals surface area contributed by atoms with Gasteiger partial charge in [-0.25, -0.2) is 4.98 Å². The first-order chi connectivity index (χ1) is 12.7. The number of carbonyl (C=O) groups is 1. The summed E-state index contributed by atoms with van der Waals surface area (Å²) in [4.78, 5) is 23.3. The van der Waals surface area contributed by atoms with E-state index in [9.17, 15) is 4.79 Å². The van der Waals surface area contributed by atoms with E-state index >= 15 is 0 Å². The number of benzene rings is 2. The van der Waals surface area contributed by atoms with Crippen LogP contribution in [0.4, 0.5) is 5.69 Å². The molecule has 0 spiro atoms. The standard InChI is InChI=1S/C21H18N4O/c1-24(17-10-7-13-22-14-17)20(26)15-25-19-12-6-5-11-18(19)23-21(25)16-8-3-2-4-9-16/h2-14H,15H2,1H3. The third-order valence-electron chi connectivity index (χ3n) is 4.39. The van der Waals surface area contributed by atoms with Gasteiger partial charge in [0.2, 0.25) is 5.91 Å². The van der Waals surface area contributed by atoms with Crippen molar-refractivity contribution in [2.24, 2.45) is 0 Å². The average molecular weight is 342 g/mol. The summed E-state index contributed by atoms with van der Waals surface area (Å²) in [5.41, 5.74) is 3.58. The van der Waals surface area contributed by atoms with Gasteiger partial charge in [0.05, 0.1) is 22.9 Å². The van der Waals surface area contributed by atoms with Crippen LogP contribution in [0.25, 0.3) is 22.4 Å². The lowest BCUT2D eigenvalue weighted by Crippen LogP contribution is -2.30. The largest absolute Gasteiger partial charge is 0.314 e. The van der Waals surface area contributed by atoms with Crippen molar-refractivity contribution in [3.05, 3.63) is 79.1 Å². The number of pyridine rings is 1. The monoisotopic (exact) mass is 342 g/mol. The molecule has 0 saturated carbocycles. The van der Waals surface area contributed by atoms with Gasteiger partial charge < -0.3 is 9.47 Å². The van der Waals surface area contributed by atoms with E-state index in [-0.39, 0.29) is 12.5 Å². The van der Waals surface area contributed by atoms with E-state index in [4.69, 9.17) is 4.98 Å². The molecule has 0 fully saturated rings. The van der Waals surface area contributed by atoms with E-state index in [0.717, 1.165) is 28.1 Å². The van der Waals surface area contributed by atoms with Crippen molar-refractivity contribution >= 4 is 22.6 Å². The van der Waals surface area contributed by atoms with Crippen LogP contribution in [0, 0.1) is 0 Å². The summed E-state index contributed by atoms with van der Waals surface area (Å²) in [7, 11) is 1.76. The molecule has 4 aromatic rings. The quantitative estimate of drug-likeness (QED) is 0.567. The molecule has 2 aromatic heterocycles. The van der Waals surface area contributed by atoms with Crippen LogP contribution in [-0.2, 0) is 11.3 Å². The molecule has 128 valence electrons. The Labute approximate surface area is 151 Å². The van der Waals surface area contributed by atoms with Crippen molar-refractivity contribution in [1.82, 2.24) is 14.5 Å². The highest BCUT2D eigenvalue weighted by Gasteiger charge is 2.18. The number of hydrogen-bond donors (Lipinski definition) is 0. The van der Waals surface area contributed by atoms with E-state index in [0.29, 0.717) is 0 Å². The number of rotatable bonds is 4.